The molecule has 5 nitrogen and oxygen atoms in total. The number of nitrogens with one attached hydrogen (secondary N) is 1. The molecule has 114 valence electrons. The van der Waals surface area contributed by atoms with Crippen LogP contribution in [0.1, 0.15) is 30.4 Å². The van der Waals surface area contributed by atoms with Gasteiger partial charge in [-0.25, -0.2) is 13.1 Å². The van der Waals surface area contributed by atoms with Crippen molar-refractivity contribution in [3.8, 4) is 0 Å². The van der Waals surface area contributed by atoms with Crippen LogP contribution in [0.4, 0.5) is 0 Å². The van der Waals surface area contributed by atoms with Gasteiger partial charge in [0.2, 0.25) is 10.0 Å². The van der Waals surface area contributed by atoms with Crippen LogP contribution in [0.2, 0.25) is 0 Å². The van der Waals surface area contributed by atoms with Crippen molar-refractivity contribution in [2.24, 2.45) is 5.73 Å². The molecule has 0 spiro atoms. The summed E-state index contributed by atoms with van der Waals surface area (Å²) in [7, 11) is -3.55. The van der Waals surface area contributed by atoms with Crippen LogP contribution in [0.3, 0.4) is 0 Å². The fourth-order valence-electron chi connectivity index (χ4n) is 3.13. The Morgan fingerprint density at radius 2 is 2.19 bits per heavy atom. The zero-order valence-electron chi connectivity index (χ0n) is 11.7. The third kappa shape index (κ3) is 2.83. The molecule has 3 atom stereocenters. The number of fused-ring (bicyclic) bond motifs is 2. The van der Waals surface area contributed by atoms with Crippen molar-refractivity contribution in [3.05, 3.63) is 29.3 Å². The van der Waals surface area contributed by atoms with E-state index in [0.29, 0.717) is 11.1 Å². The molecule has 0 amide bonds. The van der Waals surface area contributed by atoms with Crippen LogP contribution in [0.15, 0.2) is 23.1 Å². The van der Waals surface area contributed by atoms with Gasteiger partial charge in [-0.2, -0.15) is 0 Å². The third-order valence-electron chi connectivity index (χ3n) is 4.16. The summed E-state index contributed by atoms with van der Waals surface area (Å²) in [5, 5.41) is 0. The van der Waals surface area contributed by atoms with Gasteiger partial charge < -0.3 is 10.5 Å². The van der Waals surface area contributed by atoms with Crippen LogP contribution >= 0.6 is 12.2 Å². The molecule has 0 saturated carbocycles. The van der Waals surface area contributed by atoms with Crippen molar-refractivity contribution < 1.29 is 13.2 Å². The maximum absolute atomic E-state index is 12.5. The zero-order valence-corrected chi connectivity index (χ0v) is 13.3. The summed E-state index contributed by atoms with van der Waals surface area (Å²) >= 11 is 4.91. The second kappa shape index (κ2) is 5.31. The fourth-order valence-corrected chi connectivity index (χ4v) is 4.76. The fraction of sp³-hybridized carbons (Fsp3) is 0.500. The number of nitrogens with two attached hydrogens (primary N) is 1. The van der Waals surface area contributed by atoms with Crippen molar-refractivity contribution in [2.45, 2.75) is 49.3 Å². The molecule has 2 fully saturated rings. The SMILES string of the molecule is Cc1cc(C(N)=S)ccc1S(=O)(=O)NC1CC2CCC1O2. The maximum atomic E-state index is 12.5. The Morgan fingerprint density at radius 3 is 2.71 bits per heavy atom. The van der Waals surface area contributed by atoms with Gasteiger partial charge in [0.05, 0.1) is 23.1 Å². The highest BCUT2D eigenvalue weighted by Crippen LogP contribution is 2.35. The molecule has 1 aromatic carbocycles. The molecular formula is C14H18N2O3S2. The van der Waals surface area contributed by atoms with Gasteiger partial charge in [0, 0.05) is 5.56 Å². The molecule has 2 aliphatic heterocycles. The Labute approximate surface area is 129 Å². The molecule has 2 saturated heterocycles. The molecule has 7 heteroatoms. The highest BCUT2D eigenvalue weighted by Gasteiger charge is 2.42. The second-order valence-electron chi connectivity index (χ2n) is 5.68. The van der Waals surface area contributed by atoms with Crippen LogP contribution in [-0.4, -0.2) is 31.7 Å². The highest BCUT2D eigenvalue weighted by atomic mass is 32.2. The van der Waals surface area contributed by atoms with Gasteiger partial charge in [0.25, 0.3) is 0 Å². The molecule has 0 aromatic heterocycles. The maximum Gasteiger partial charge on any atom is 0.241 e. The average molecular weight is 326 g/mol. The first-order valence-electron chi connectivity index (χ1n) is 6.95. The van der Waals surface area contributed by atoms with Crippen LogP contribution in [-0.2, 0) is 14.8 Å². The van der Waals surface area contributed by atoms with Crippen LogP contribution in [0, 0.1) is 6.92 Å². The minimum absolute atomic E-state index is 0.0148. The van der Waals surface area contributed by atoms with Gasteiger partial charge >= 0.3 is 0 Å². The molecule has 3 rings (SSSR count). The Balaban J connectivity index is 1.83. The lowest BCUT2D eigenvalue weighted by Gasteiger charge is -2.20. The number of benzene rings is 1. The molecule has 21 heavy (non-hydrogen) atoms. The number of thiocarbonyl (C=S) groups is 1. The van der Waals surface area contributed by atoms with Gasteiger partial charge in [-0.1, -0.05) is 18.3 Å². The molecule has 2 heterocycles. The number of rotatable bonds is 4. The van der Waals surface area contributed by atoms with Crippen LogP contribution in [0.5, 0.6) is 0 Å². The van der Waals surface area contributed by atoms with Crippen LogP contribution < -0.4 is 10.5 Å². The standard InChI is InChI=1S/C14H18N2O3S2/c1-8-6-9(14(15)20)2-5-13(8)21(17,18)16-11-7-10-3-4-12(11)19-10/h2,5-6,10-12,16H,3-4,7H2,1H3,(H2,15,20). The van der Waals surface area contributed by atoms with E-state index in [1.165, 1.54) is 0 Å². The highest BCUT2D eigenvalue weighted by molar-refractivity contribution is 7.89. The summed E-state index contributed by atoms with van der Waals surface area (Å²) in [6.45, 7) is 1.74. The van der Waals surface area contributed by atoms with E-state index < -0.39 is 10.0 Å². The smallest absolute Gasteiger partial charge is 0.241 e. The van der Waals surface area contributed by atoms with E-state index in [-0.39, 0.29) is 28.1 Å². The van der Waals surface area contributed by atoms with Crippen LogP contribution in [0.25, 0.3) is 0 Å². The first-order chi connectivity index (χ1) is 9.87. The van der Waals surface area contributed by atoms with E-state index in [9.17, 15) is 8.42 Å². The molecule has 0 aliphatic carbocycles. The molecule has 1 aromatic rings. The third-order valence-corrected chi connectivity index (χ3v) is 6.05. The topological polar surface area (TPSA) is 81.4 Å². The van der Waals surface area contributed by atoms with Gasteiger partial charge in [-0.05, 0) is 43.9 Å². The summed E-state index contributed by atoms with van der Waals surface area (Å²) in [4.78, 5) is 0.529. The summed E-state index contributed by atoms with van der Waals surface area (Å²) in [6.07, 6.45) is 2.94. The van der Waals surface area contributed by atoms with Gasteiger partial charge in [-0.15, -0.1) is 0 Å². The number of hydrogen-bond acceptors (Lipinski definition) is 4. The Kier molecular flexibility index (Phi) is 3.77. The van der Waals surface area contributed by atoms with Crippen molar-refractivity contribution in [2.75, 3.05) is 0 Å². The molecule has 3 unspecified atom stereocenters. The normalized spacial score (nSPS) is 28.0. The zero-order chi connectivity index (χ0) is 15.2. The minimum Gasteiger partial charge on any atom is -0.389 e. The largest absolute Gasteiger partial charge is 0.389 e. The van der Waals surface area contributed by atoms with E-state index in [2.05, 4.69) is 4.72 Å². The van der Waals surface area contributed by atoms with E-state index in [0.717, 1.165) is 19.3 Å². The van der Waals surface area contributed by atoms with Gasteiger partial charge in [0.1, 0.15) is 4.99 Å². The Bertz CT molecular complexity index is 687. The van der Waals surface area contributed by atoms with Crippen molar-refractivity contribution in [3.63, 3.8) is 0 Å². The summed E-state index contributed by atoms with van der Waals surface area (Å²) < 4.78 is 33.5. The number of sulfonamides is 1. The number of ether oxygens (including phenoxy) is 1. The first kappa shape index (κ1) is 14.9. The lowest BCUT2D eigenvalue weighted by Crippen LogP contribution is -2.41. The van der Waals surface area contributed by atoms with Crippen molar-refractivity contribution in [1.82, 2.24) is 4.72 Å². The first-order valence-corrected chi connectivity index (χ1v) is 8.84. The Morgan fingerprint density at radius 1 is 1.43 bits per heavy atom. The number of aryl methyl sites for hydroxylation is 1. The van der Waals surface area contributed by atoms with E-state index >= 15 is 0 Å². The van der Waals surface area contributed by atoms with Gasteiger partial charge in [-0.3, -0.25) is 0 Å². The van der Waals surface area contributed by atoms with E-state index in [1.54, 1.807) is 25.1 Å². The predicted octanol–water partition coefficient (Wildman–Crippen LogP) is 1.23. The van der Waals surface area contributed by atoms with Crippen molar-refractivity contribution in [1.29, 1.82) is 0 Å². The summed E-state index contributed by atoms with van der Waals surface area (Å²) in [5.74, 6) is 0. The lowest BCUT2D eigenvalue weighted by molar-refractivity contribution is 0.0996. The summed E-state index contributed by atoms with van der Waals surface area (Å²) in [6, 6.07) is 4.78. The Hall–Kier alpha value is -1.02. The van der Waals surface area contributed by atoms with Gasteiger partial charge in [0.15, 0.2) is 0 Å². The van der Waals surface area contributed by atoms with Crippen molar-refractivity contribution >= 4 is 27.2 Å². The van der Waals surface area contributed by atoms with E-state index in [4.69, 9.17) is 22.7 Å². The quantitative estimate of drug-likeness (QED) is 0.813. The average Bonchev–Trinajstić information content (AvgIpc) is 2.99. The molecule has 3 N–H and O–H groups in total. The summed E-state index contributed by atoms with van der Waals surface area (Å²) in [5.41, 5.74) is 6.87. The predicted molar refractivity (Wildman–Crippen MR) is 83.7 cm³/mol. The monoisotopic (exact) mass is 326 g/mol. The molecule has 0 radical (unpaired) electrons. The molecule has 2 aliphatic rings. The lowest BCUT2D eigenvalue weighted by atomic mass is 9.96. The van der Waals surface area contributed by atoms with E-state index in [1.807, 2.05) is 0 Å². The molecule has 2 bridgehead atoms. The molecular weight excluding hydrogens is 308 g/mol. The minimum atomic E-state index is -3.55. The second-order valence-corrected chi connectivity index (χ2v) is 7.80. The number of hydrogen-bond donors (Lipinski definition) is 2.